The Morgan fingerprint density at radius 3 is 2.53 bits per heavy atom. The molecule has 1 atom stereocenters. The summed E-state index contributed by atoms with van der Waals surface area (Å²) in [5.41, 5.74) is 7.79. The summed E-state index contributed by atoms with van der Waals surface area (Å²) in [4.78, 5) is 0. The second-order valence-electron chi connectivity index (χ2n) is 5.10. The molecule has 0 radical (unpaired) electrons. The molecule has 1 aromatic carbocycles. The van der Waals surface area contributed by atoms with Crippen LogP contribution < -0.4 is 11.1 Å². The maximum absolute atomic E-state index is 5.95. The molecule has 0 saturated heterocycles. The fourth-order valence-electron chi connectivity index (χ4n) is 1.83. The van der Waals surface area contributed by atoms with Crippen molar-refractivity contribution in [2.45, 2.75) is 46.1 Å². The van der Waals surface area contributed by atoms with E-state index in [2.05, 4.69) is 42.0 Å². The van der Waals surface area contributed by atoms with E-state index in [9.17, 15) is 0 Å². The summed E-state index contributed by atoms with van der Waals surface area (Å²) in [5, 5.41) is 3.47. The first kappa shape index (κ1) is 14.4. The molecule has 17 heavy (non-hydrogen) atoms. The van der Waals surface area contributed by atoms with Gasteiger partial charge in [0.15, 0.2) is 0 Å². The average Bonchev–Trinajstić information content (AvgIpc) is 2.21. The molecule has 0 aliphatic rings. The fraction of sp³-hybridized carbons (Fsp3) is 0.571. The van der Waals surface area contributed by atoms with E-state index in [0.29, 0.717) is 6.04 Å². The molecule has 0 aromatic heterocycles. The lowest BCUT2D eigenvalue weighted by atomic mass is 10.0. The quantitative estimate of drug-likeness (QED) is 0.750. The Morgan fingerprint density at radius 2 is 1.94 bits per heavy atom. The number of anilines is 2. The van der Waals surface area contributed by atoms with E-state index in [1.807, 2.05) is 18.2 Å². The van der Waals surface area contributed by atoms with Gasteiger partial charge in [0.05, 0.1) is 11.4 Å². The second kappa shape index (κ2) is 6.90. The molecule has 0 bridgehead atoms. The van der Waals surface area contributed by atoms with Crippen molar-refractivity contribution in [3.63, 3.8) is 0 Å². The first-order valence-corrected chi connectivity index (χ1v) is 7.10. The van der Waals surface area contributed by atoms with Crippen LogP contribution in [0.4, 0.5) is 11.4 Å². The zero-order chi connectivity index (χ0) is 12.8. The largest absolute Gasteiger partial charge is 0.397 e. The third-order valence-corrected chi connectivity index (χ3v) is 3.33. The summed E-state index contributed by atoms with van der Waals surface area (Å²) in [6.07, 6.45) is 3.75. The molecule has 0 fully saturated rings. The number of rotatable bonds is 6. The Morgan fingerprint density at radius 1 is 1.24 bits per heavy atom. The van der Waals surface area contributed by atoms with Crippen LogP contribution in [0.2, 0.25) is 0 Å². The average molecular weight is 299 g/mol. The minimum atomic E-state index is 0.470. The number of halogens is 1. The van der Waals surface area contributed by atoms with E-state index in [1.165, 1.54) is 19.3 Å². The van der Waals surface area contributed by atoms with Crippen LogP contribution in [-0.2, 0) is 0 Å². The zero-order valence-corrected chi connectivity index (χ0v) is 12.5. The standard InChI is InChI=1S/C14H23BrN2/c1-10(2)5-4-6-11(3)17-14-8-7-12(15)9-13(14)16/h7-11,17H,4-6,16H2,1-3H3. The molecule has 0 amide bonds. The van der Waals surface area contributed by atoms with Crippen LogP contribution in [0.3, 0.4) is 0 Å². The number of nitrogens with one attached hydrogen (secondary N) is 1. The van der Waals surface area contributed by atoms with E-state index in [1.54, 1.807) is 0 Å². The predicted octanol–water partition coefficient (Wildman–Crippen LogP) is 4.66. The molecule has 3 heteroatoms. The molecular formula is C14H23BrN2. The van der Waals surface area contributed by atoms with Gasteiger partial charge in [0.1, 0.15) is 0 Å². The van der Waals surface area contributed by atoms with Gasteiger partial charge in [0.25, 0.3) is 0 Å². The van der Waals surface area contributed by atoms with Crippen molar-refractivity contribution < 1.29 is 0 Å². The number of nitrogen functional groups attached to an aromatic ring is 1. The van der Waals surface area contributed by atoms with E-state index in [4.69, 9.17) is 5.73 Å². The minimum absolute atomic E-state index is 0.470. The highest BCUT2D eigenvalue weighted by Crippen LogP contribution is 2.24. The SMILES string of the molecule is CC(C)CCCC(C)Nc1ccc(Br)cc1N. The molecule has 3 N–H and O–H groups in total. The van der Waals surface area contributed by atoms with Gasteiger partial charge in [-0.3, -0.25) is 0 Å². The summed E-state index contributed by atoms with van der Waals surface area (Å²) in [5.74, 6) is 0.792. The molecule has 0 aliphatic heterocycles. The Balaban J connectivity index is 2.42. The predicted molar refractivity (Wildman–Crippen MR) is 80.3 cm³/mol. The smallest absolute Gasteiger partial charge is 0.0576 e. The van der Waals surface area contributed by atoms with Gasteiger partial charge in [0, 0.05) is 10.5 Å². The fourth-order valence-corrected chi connectivity index (χ4v) is 2.21. The van der Waals surface area contributed by atoms with Gasteiger partial charge in [-0.25, -0.2) is 0 Å². The highest BCUT2D eigenvalue weighted by molar-refractivity contribution is 9.10. The van der Waals surface area contributed by atoms with Crippen molar-refractivity contribution in [1.82, 2.24) is 0 Å². The van der Waals surface area contributed by atoms with Crippen molar-refractivity contribution in [2.75, 3.05) is 11.1 Å². The van der Waals surface area contributed by atoms with Crippen LogP contribution in [0.1, 0.15) is 40.0 Å². The number of nitrogens with two attached hydrogens (primary N) is 1. The van der Waals surface area contributed by atoms with Crippen molar-refractivity contribution in [2.24, 2.45) is 5.92 Å². The van der Waals surface area contributed by atoms with Crippen molar-refractivity contribution in [3.8, 4) is 0 Å². The van der Waals surface area contributed by atoms with Crippen LogP contribution in [0, 0.1) is 5.92 Å². The summed E-state index contributed by atoms with van der Waals surface area (Å²) in [6, 6.07) is 6.44. The van der Waals surface area contributed by atoms with Crippen molar-refractivity contribution in [3.05, 3.63) is 22.7 Å². The maximum Gasteiger partial charge on any atom is 0.0576 e. The Kier molecular flexibility index (Phi) is 5.83. The highest BCUT2D eigenvalue weighted by Gasteiger charge is 2.05. The summed E-state index contributed by atoms with van der Waals surface area (Å²) in [6.45, 7) is 6.75. The van der Waals surface area contributed by atoms with Gasteiger partial charge in [-0.2, -0.15) is 0 Å². The van der Waals surface area contributed by atoms with Gasteiger partial charge < -0.3 is 11.1 Å². The normalized spacial score (nSPS) is 12.8. The lowest BCUT2D eigenvalue weighted by molar-refractivity contribution is 0.520. The number of hydrogen-bond donors (Lipinski definition) is 2. The summed E-state index contributed by atoms with van der Waals surface area (Å²) >= 11 is 3.41. The third kappa shape index (κ3) is 5.44. The lowest BCUT2D eigenvalue weighted by Crippen LogP contribution is -2.16. The minimum Gasteiger partial charge on any atom is -0.397 e. The maximum atomic E-state index is 5.95. The monoisotopic (exact) mass is 298 g/mol. The Labute approximate surface area is 113 Å². The molecular weight excluding hydrogens is 276 g/mol. The number of hydrogen-bond acceptors (Lipinski definition) is 2. The van der Waals surface area contributed by atoms with Gasteiger partial charge >= 0.3 is 0 Å². The first-order valence-electron chi connectivity index (χ1n) is 6.30. The van der Waals surface area contributed by atoms with E-state index >= 15 is 0 Å². The zero-order valence-electron chi connectivity index (χ0n) is 11.0. The van der Waals surface area contributed by atoms with Crippen LogP contribution in [0.25, 0.3) is 0 Å². The molecule has 1 rings (SSSR count). The topological polar surface area (TPSA) is 38.0 Å². The first-order chi connectivity index (χ1) is 7.99. The molecule has 0 spiro atoms. The van der Waals surface area contributed by atoms with Gasteiger partial charge in [-0.05, 0) is 37.5 Å². The molecule has 1 aromatic rings. The van der Waals surface area contributed by atoms with Crippen molar-refractivity contribution >= 4 is 27.3 Å². The third-order valence-electron chi connectivity index (χ3n) is 2.83. The lowest BCUT2D eigenvalue weighted by Gasteiger charge is -2.17. The molecule has 1 unspecified atom stereocenters. The van der Waals surface area contributed by atoms with Crippen LogP contribution in [-0.4, -0.2) is 6.04 Å². The van der Waals surface area contributed by atoms with E-state index < -0.39 is 0 Å². The molecule has 0 aliphatic carbocycles. The summed E-state index contributed by atoms with van der Waals surface area (Å²) in [7, 11) is 0. The molecule has 0 heterocycles. The molecule has 2 nitrogen and oxygen atoms in total. The van der Waals surface area contributed by atoms with Crippen molar-refractivity contribution in [1.29, 1.82) is 0 Å². The molecule has 0 saturated carbocycles. The Hall–Kier alpha value is -0.700. The number of benzene rings is 1. The highest BCUT2D eigenvalue weighted by atomic mass is 79.9. The second-order valence-corrected chi connectivity index (χ2v) is 6.02. The molecule has 96 valence electrons. The van der Waals surface area contributed by atoms with Gasteiger partial charge in [-0.1, -0.05) is 42.6 Å². The van der Waals surface area contributed by atoms with Crippen LogP contribution in [0.5, 0.6) is 0 Å². The van der Waals surface area contributed by atoms with Crippen LogP contribution >= 0.6 is 15.9 Å². The van der Waals surface area contributed by atoms with Crippen LogP contribution in [0.15, 0.2) is 22.7 Å². The van der Waals surface area contributed by atoms with E-state index in [0.717, 1.165) is 21.8 Å². The Bertz CT molecular complexity index is 350. The van der Waals surface area contributed by atoms with E-state index in [-0.39, 0.29) is 0 Å². The summed E-state index contributed by atoms with van der Waals surface area (Å²) < 4.78 is 1.02. The van der Waals surface area contributed by atoms with Gasteiger partial charge in [-0.15, -0.1) is 0 Å². The van der Waals surface area contributed by atoms with Gasteiger partial charge in [0.2, 0.25) is 0 Å².